The molecule has 2 amide bonds. The first-order valence-electron chi connectivity index (χ1n) is 6.36. The highest BCUT2D eigenvalue weighted by molar-refractivity contribution is 7.99. The maximum atomic E-state index is 12.0. The molecule has 1 aliphatic carbocycles. The Bertz CT molecular complexity index is 299. The van der Waals surface area contributed by atoms with Crippen molar-refractivity contribution in [2.24, 2.45) is 0 Å². The van der Waals surface area contributed by atoms with Gasteiger partial charge in [-0.1, -0.05) is 0 Å². The number of nitrogens with one attached hydrogen (secondary N) is 1. The zero-order chi connectivity index (χ0) is 13.5. The summed E-state index contributed by atoms with van der Waals surface area (Å²) < 4.78 is 0. The van der Waals surface area contributed by atoms with Gasteiger partial charge in [0.25, 0.3) is 0 Å². The summed E-state index contributed by atoms with van der Waals surface area (Å²) in [6.07, 6.45) is 5.28. The van der Waals surface area contributed by atoms with Crippen LogP contribution in [0.25, 0.3) is 0 Å². The van der Waals surface area contributed by atoms with Crippen molar-refractivity contribution in [1.82, 2.24) is 10.2 Å². The van der Waals surface area contributed by atoms with Crippen LogP contribution in [0.5, 0.6) is 0 Å². The van der Waals surface area contributed by atoms with E-state index in [4.69, 9.17) is 5.11 Å². The minimum absolute atomic E-state index is 0.000631. The maximum absolute atomic E-state index is 12.0. The number of carboxylic acids is 1. The molecular formula is C12H22N2O3S. The molecule has 0 radical (unpaired) electrons. The highest BCUT2D eigenvalue weighted by Crippen LogP contribution is 2.28. The molecule has 0 aliphatic heterocycles. The van der Waals surface area contributed by atoms with Gasteiger partial charge >= 0.3 is 12.0 Å². The Morgan fingerprint density at radius 2 is 2.17 bits per heavy atom. The van der Waals surface area contributed by atoms with Gasteiger partial charge in [0, 0.05) is 24.4 Å². The Kier molecular flexibility index (Phi) is 6.32. The number of amides is 2. The quantitative estimate of drug-likeness (QED) is 0.774. The third-order valence-corrected chi connectivity index (χ3v) is 4.40. The Morgan fingerprint density at radius 3 is 2.67 bits per heavy atom. The molecular weight excluding hydrogens is 252 g/mol. The van der Waals surface area contributed by atoms with E-state index in [0.717, 1.165) is 19.3 Å². The fraction of sp³-hybridized carbons (Fsp3) is 0.833. The van der Waals surface area contributed by atoms with Gasteiger partial charge in [0.15, 0.2) is 0 Å². The Balaban J connectivity index is 2.35. The van der Waals surface area contributed by atoms with Gasteiger partial charge in [0.05, 0.1) is 6.42 Å². The summed E-state index contributed by atoms with van der Waals surface area (Å²) in [6, 6.07) is 0.110. The van der Waals surface area contributed by atoms with Crippen molar-refractivity contribution >= 4 is 23.8 Å². The number of hydrogen-bond acceptors (Lipinski definition) is 3. The summed E-state index contributed by atoms with van der Waals surface area (Å²) in [5.41, 5.74) is 0. The van der Waals surface area contributed by atoms with Gasteiger partial charge in [-0.2, -0.15) is 11.8 Å². The molecule has 1 aliphatic rings. The summed E-state index contributed by atoms with van der Waals surface area (Å²) >= 11 is 1.85. The summed E-state index contributed by atoms with van der Waals surface area (Å²) in [7, 11) is 0. The minimum Gasteiger partial charge on any atom is -0.481 e. The number of carbonyl (C=O) groups is 2. The first-order chi connectivity index (χ1) is 8.56. The monoisotopic (exact) mass is 274 g/mol. The van der Waals surface area contributed by atoms with Crippen molar-refractivity contribution in [3.05, 3.63) is 0 Å². The maximum Gasteiger partial charge on any atom is 0.317 e. The molecule has 6 heteroatoms. The summed E-state index contributed by atoms with van der Waals surface area (Å²) in [5.74, 6) is -0.871. The van der Waals surface area contributed by atoms with E-state index in [-0.39, 0.29) is 25.0 Å². The predicted molar refractivity (Wildman–Crippen MR) is 73.0 cm³/mol. The van der Waals surface area contributed by atoms with Gasteiger partial charge < -0.3 is 15.3 Å². The molecule has 1 fully saturated rings. The molecule has 5 nitrogen and oxygen atoms in total. The van der Waals surface area contributed by atoms with Crippen LogP contribution in [0.3, 0.4) is 0 Å². The van der Waals surface area contributed by atoms with Crippen molar-refractivity contribution < 1.29 is 14.7 Å². The lowest BCUT2D eigenvalue weighted by Crippen LogP contribution is -2.44. The number of urea groups is 1. The standard InChI is InChI=1S/C12H22N2O3S/c1-3-14(7-6-11(15)16)12(17)13-9-4-5-10(8-9)18-2/h9-10H,3-8H2,1-2H3,(H,13,17)(H,15,16). The molecule has 1 rings (SSSR count). The van der Waals surface area contributed by atoms with Crippen LogP contribution in [0.15, 0.2) is 0 Å². The molecule has 2 N–H and O–H groups in total. The average molecular weight is 274 g/mol. The Morgan fingerprint density at radius 1 is 1.44 bits per heavy atom. The van der Waals surface area contributed by atoms with E-state index >= 15 is 0 Å². The first kappa shape index (κ1) is 15.1. The fourth-order valence-electron chi connectivity index (χ4n) is 2.19. The van der Waals surface area contributed by atoms with E-state index in [2.05, 4.69) is 11.6 Å². The van der Waals surface area contributed by atoms with Gasteiger partial charge in [0.1, 0.15) is 0 Å². The number of hydrogen-bond donors (Lipinski definition) is 2. The normalized spacial score (nSPS) is 22.8. The third kappa shape index (κ3) is 4.76. The first-order valence-corrected chi connectivity index (χ1v) is 7.65. The second kappa shape index (κ2) is 7.51. The molecule has 0 saturated heterocycles. The number of carbonyl (C=O) groups excluding carboxylic acids is 1. The molecule has 0 spiro atoms. The molecule has 104 valence electrons. The van der Waals surface area contributed by atoms with Gasteiger partial charge in [-0.05, 0) is 32.4 Å². The number of aliphatic carboxylic acids is 1. The van der Waals surface area contributed by atoms with Crippen molar-refractivity contribution in [3.8, 4) is 0 Å². The van der Waals surface area contributed by atoms with Crippen LogP contribution in [0.1, 0.15) is 32.6 Å². The van der Waals surface area contributed by atoms with Crippen molar-refractivity contribution in [3.63, 3.8) is 0 Å². The van der Waals surface area contributed by atoms with Gasteiger partial charge in [0.2, 0.25) is 0 Å². The van der Waals surface area contributed by atoms with Crippen LogP contribution in [0, 0.1) is 0 Å². The summed E-state index contributed by atoms with van der Waals surface area (Å²) in [5, 5.41) is 12.3. The van der Waals surface area contributed by atoms with Crippen LogP contribution in [-0.2, 0) is 4.79 Å². The smallest absolute Gasteiger partial charge is 0.317 e. The Hall–Kier alpha value is -0.910. The molecule has 2 atom stereocenters. The van der Waals surface area contributed by atoms with E-state index in [9.17, 15) is 9.59 Å². The lowest BCUT2D eigenvalue weighted by Gasteiger charge is -2.23. The third-order valence-electron chi connectivity index (χ3n) is 3.31. The largest absolute Gasteiger partial charge is 0.481 e. The van der Waals surface area contributed by atoms with Crippen LogP contribution in [-0.4, -0.2) is 52.6 Å². The molecule has 18 heavy (non-hydrogen) atoms. The van der Waals surface area contributed by atoms with Crippen molar-refractivity contribution in [2.75, 3.05) is 19.3 Å². The van der Waals surface area contributed by atoms with Gasteiger partial charge in [-0.3, -0.25) is 4.79 Å². The second-order valence-electron chi connectivity index (χ2n) is 4.54. The summed E-state index contributed by atoms with van der Waals surface area (Å²) in [6.45, 7) is 2.68. The highest BCUT2D eigenvalue weighted by atomic mass is 32.2. The topological polar surface area (TPSA) is 69.6 Å². The zero-order valence-electron chi connectivity index (χ0n) is 11.0. The van der Waals surface area contributed by atoms with Crippen molar-refractivity contribution in [2.45, 2.75) is 43.9 Å². The molecule has 0 aromatic heterocycles. The molecule has 2 unspecified atom stereocenters. The molecule has 0 bridgehead atoms. The molecule has 0 aromatic carbocycles. The average Bonchev–Trinajstić information content (AvgIpc) is 2.77. The SMILES string of the molecule is CCN(CCC(=O)O)C(=O)NC1CCC(SC)C1. The number of thioether (sulfide) groups is 1. The number of rotatable bonds is 6. The Labute approximate surface area is 112 Å². The van der Waals surface area contributed by atoms with Crippen LogP contribution in [0.2, 0.25) is 0 Å². The number of carboxylic acid groups (broad SMARTS) is 1. The minimum atomic E-state index is -0.871. The van der Waals surface area contributed by atoms with E-state index in [1.165, 1.54) is 0 Å². The molecule has 1 saturated carbocycles. The van der Waals surface area contributed by atoms with Crippen molar-refractivity contribution in [1.29, 1.82) is 0 Å². The van der Waals surface area contributed by atoms with Crippen LogP contribution >= 0.6 is 11.8 Å². The predicted octanol–water partition coefficient (Wildman–Crippen LogP) is 1.78. The number of nitrogens with zero attached hydrogens (tertiary/aromatic N) is 1. The van der Waals surface area contributed by atoms with E-state index in [0.29, 0.717) is 11.8 Å². The van der Waals surface area contributed by atoms with Crippen LogP contribution in [0.4, 0.5) is 4.79 Å². The van der Waals surface area contributed by atoms with Gasteiger partial charge in [-0.25, -0.2) is 4.79 Å². The zero-order valence-corrected chi connectivity index (χ0v) is 11.8. The van der Waals surface area contributed by atoms with E-state index < -0.39 is 5.97 Å². The van der Waals surface area contributed by atoms with E-state index in [1.54, 1.807) is 4.90 Å². The molecule has 0 aromatic rings. The second-order valence-corrected chi connectivity index (χ2v) is 5.68. The molecule has 0 heterocycles. The summed E-state index contributed by atoms with van der Waals surface area (Å²) in [4.78, 5) is 24.0. The van der Waals surface area contributed by atoms with Gasteiger partial charge in [-0.15, -0.1) is 0 Å². The fourth-order valence-corrected chi connectivity index (χ4v) is 2.98. The lowest BCUT2D eigenvalue weighted by molar-refractivity contribution is -0.137. The lowest BCUT2D eigenvalue weighted by atomic mass is 10.2. The van der Waals surface area contributed by atoms with Crippen LogP contribution < -0.4 is 5.32 Å². The highest BCUT2D eigenvalue weighted by Gasteiger charge is 2.26. The van der Waals surface area contributed by atoms with E-state index in [1.807, 2.05) is 18.7 Å².